The summed E-state index contributed by atoms with van der Waals surface area (Å²) in [6, 6.07) is 21.7. The number of hydrogen-bond acceptors (Lipinski definition) is 6. The number of carbonyl (C=O) groups is 3. The number of nitriles is 1. The van der Waals surface area contributed by atoms with Crippen molar-refractivity contribution in [3.8, 4) is 17.6 Å². The van der Waals surface area contributed by atoms with E-state index in [0.717, 1.165) is 10.5 Å². The molecule has 8 heteroatoms. The molecule has 1 atom stereocenters. The van der Waals surface area contributed by atoms with Crippen molar-refractivity contribution < 1.29 is 23.9 Å². The van der Waals surface area contributed by atoms with E-state index in [4.69, 9.17) is 14.7 Å². The first-order chi connectivity index (χ1) is 17.5. The van der Waals surface area contributed by atoms with Crippen molar-refractivity contribution >= 4 is 23.4 Å². The number of methoxy groups -OCH3 is 2. The van der Waals surface area contributed by atoms with Gasteiger partial charge in [-0.05, 0) is 54.4 Å². The second-order valence-corrected chi connectivity index (χ2v) is 8.25. The SMILES string of the molecule is COc1ccc(C(=O)N(CCc2ccccc2)C2CC(=O)N(c3ccc(C#N)cc3)C2=O)cc1OC. The fourth-order valence-corrected chi connectivity index (χ4v) is 4.24. The number of imide groups is 1. The molecular formula is C28H25N3O5. The standard InChI is InChI=1S/C28H25N3O5/c1-35-24-13-10-21(16-25(24)36-2)27(33)30(15-14-19-6-4-3-5-7-19)23-17-26(32)31(28(23)34)22-11-8-20(18-29)9-12-22/h3-13,16,23H,14-15,17H2,1-2H3. The smallest absolute Gasteiger partial charge is 0.257 e. The molecule has 1 fully saturated rings. The first-order valence-electron chi connectivity index (χ1n) is 11.4. The lowest BCUT2D eigenvalue weighted by Crippen LogP contribution is -2.46. The maximum atomic E-state index is 13.7. The topological polar surface area (TPSA) is 99.9 Å². The molecule has 0 saturated carbocycles. The fourth-order valence-electron chi connectivity index (χ4n) is 4.24. The quantitative estimate of drug-likeness (QED) is 0.454. The number of anilines is 1. The molecule has 3 aromatic rings. The molecular weight excluding hydrogens is 458 g/mol. The van der Waals surface area contributed by atoms with E-state index >= 15 is 0 Å². The highest BCUT2D eigenvalue weighted by molar-refractivity contribution is 6.23. The average Bonchev–Trinajstić information content (AvgIpc) is 3.22. The summed E-state index contributed by atoms with van der Waals surface area (Å²) in [5.74, 6) is -0.408. The van der Waals surface area contributed by atoms with Gasteiger partial charge >= 0.3 is 0 Å². The van der Waals surface area contributed by atoms with Crippen LogP contribution in [0.4, 0.5) is 5.69 Å². The highest BCUT2D eigenvalue weighted by Gasteiger charge is 2.44. The van der Waals surface area contributed by atoms with Crippen LogP contribution < -0.4 is 14.4 Å². The molecule has 36 heavy (non-hydrogen) atoms. The highest BCUT2D eigenvalue weighted by atomic mass is 16.5. The predicted octanol–water partition coefficient (Wildman–Crippen LogP) is 3.59. The van der Waals surface area contributed by atoms with E-state index < -0.39 is 17.9 Å². The molecule has 182 valence electrons. The first kappa shape index (κ1) is 24.5. The van der Waals surface area contributed by atoms with E-state index in [9.17, 15) is 14.4 Å². The molecule has 0 bridgehead atoms. The van der Waals surface area contributed by atoms with Crippen LogP contribution in [0.5, 0.6) is 11.5 Å². The molecule has 3 aromatic carbocycles. The summed E-state index contributed by atoms with van der Waals surface area (Å²) in [5.41, 5.74) is 2.11. The van der Waals surface area contributed by atoms with E-state index in [1.807, 2.05) is 36.4 Å². The Labute approximate surface area is 209 Å². The molecule has 3 amide bonds. The van der Waals surface area contributed by atoms with Crippen LogP contribution in [0, 0.1) is 11.3 Å². The van der Waals surface area contributed by atoms with Gasteiger partial charge in [0, 0.05) is 12.1 Å². The van der Waals surface area contributed by atoms with E-state index in [1.165, 1.54) is 19.1 Å². The van der Waals surface area contributed by atoms with Crippen molar-refractivity contribution in [2.75, 3.05) is 25.7 Å². The molecule has 1 aliphatic heterocycles. The zero-order valence-electron chi connectivity index (χ0n) is 20.0. The lowest BCUT2D eigenvalue weighted by Gasteiger charge is -2.28. The third-order valence-corrected chi connectivity index (χ3v) is 6.13. The molecule has 0 aromatic heterocycles. The van der Waals surface area contributed by atoms with E-state index in [-0.39, 0.29) is 18.9 Å². The van der Waals surface area contributed by atoms with Crippen LogP contribution in [0.25, 0.3) is 0 Å². The number of amides is 3. The minimum Gasteiger partial charge on any atom is -0.493 e. The zero-order chi connectivity index (χ0) is 25.7. The molecule has 0 radical (unpaired) electrons. The number of ether oxygens (including phenoxy) is 2. The van der Waals surface area contributed by atoms with Gasteiger partial charge in [-0.3, -0.25) is 14.4 Å². The summed E-state index contributed by atoms with van der Waals surface area (Å²) in [4.78, 5) is 42.7. The van der Waals surface area contributed by atoms with Crippen LogP contribution in [-0.2, 0) is 16.0 Å². The molecule has 1 saturated heterocycles. The molecule has 8 nitrogen and oxygen atoms in total. The van der Waals surface area contributed by atoms with Crippen molar-refractivity contribution in [2.45, 2.75) is 18.9 Å². The van der Waals surface area contributed by atoms with Crippen molar-refractivity contribution in [3.05, 3.63) is 89.5 Å². The van der Waals surface area contributed by atoms with Crippen molar-refractivity contribution in [1.82, 2.24) is 4.90 Å². The molecule has 1 aliphatic rings. The number of nitrogens with zero attached hydrogens (tertiary/aromatic N) is 3. The van der Waals surface area contributed by atoms with Gasteiger partial charge in [-0.15, -0.1) is 0 Å². The summed E-state index contributed by atoms with van der Waals surface area (Å²) in [7, 11) is 2.99. The Balaban J connectivity index is 1.66. The van der Waals surface area contributed by atoms with Crippen LogP contribution >= 0.6 is 0 Å². The van der Waals surface area contributed by atoms with Crippen LogP contribution in [0.15, 0.2) is 72.8 Å². The molecule has 0 N–H and O–H groups in total. The minimum absolute atomic E-state index is 0.132. The third-order valence-electron chi connectivity index (χ3n) is 6.13. The number of carbonyl (C=O) groups excluding carboxylic acids is 3. The maximum absolute atomic E-state index is 13.7. The van der Waals surface area contributed by atoms with Crippen molar-refractivity contribution in [2.24, 2.45) is 0 Å². The zero-order valence-corrected chi connectivity index (χ0v) is 20.0. The normalized spacial score (nSPS) is 14.9. The Morgan fingerprint density at radius 1 is 1.00 bits per heavy atom. The Kier molecular flexibility index (Phi) is 7.31. The van der Waals surface area contributed by atoms with Crippen LogP contribution in [0.2, 0.25) is 0 Å². The Morgan fingerprint density at radius 3 is 2.33 bits per heavy atom. The second-order valence-electron chi connectivity index (χ2n) is 8.25. The molecule has 0 aliphatic carbocycles. The van der Waals surface area contributed by atoms with Gasteiger partial charge in [0.25, 0.3) is 11.8 Å². The molecule has 0 spiro atoms. The predicted molar refractivity (Wildman–Crippen MR) is 133 cm³/mol. The van der Waals surface area contributed by atoms with Crippen LogP contribution in [0.1, 0.15) is 27.9 Å². The molecule has 1 unspecified atom stereocenters. The molecule has 1 heterocycles. The van der Waals surface area contributed by atoms with Gasteiger partial charge in [-0.1, -0.05) is 30.3 Å². The summed E-state index contributed by atoms with van der Waals surface area (Å²) in [6.07, 6.45) is 0.376. The monoisotopic (exact) mass is 483 g/mol. The van der Waals surface area contributed by atoms with Crippen LogP contribution in [-0.4, -0.2) is 49.4 Å². The summed E-state index contributed by atoms with van der Waals surface area (Å²) in [5, 5.41) is 9.05. The average molecular weight is 484 g/mol. The Hall–Kier alpha value is -4.64. The third kappa shape index (κ3) is 4.91. The van der Waals surface area contributed by atoms with Crippen LogP contribution in [0.3, 0.4) is 0 Å². The summed E-state index contributed by atoms with van der Waals surface area (Å²) in [6.45, 7) is 0.238. The Bertz CT molecular complexity index is 1320. The van der Waals surface area contributed by atoms with E-state index in [1.54, 1.807) is 42.5 Å². The highest BCUT2D eigenvalue weighted by Crippen LogP contribution is 2.30. The van der Waals surface area contributed by atoms with Gasteiger partial charge in [-0.2, -0.15) is 5.26 Å². The number of rotatable bonds is 8. The van der Waals surface area contributed by atoms with E-state index in [2.05, 4.69) is 0 Å². The van der Waals surface area contributed by atoms with Gasteiger partial charge < -0.3 is 14.4 Å². The minimum atomic E-state index is -0.961. The number of hydrogen-bond donors (Lipinski definition) is 0. The van der Waals surface area contributed by atoms with Gasteiger partial charge in [0.1, 0.15) is 6.04 Å². The summed E-state index contributed by atoms with van der Waals surface area (Å²) < 4.78 is 10.6. The fraction of sp³-hybridized carbons (Fsp3) is 0.214. The van der Waals surface area contributed by atoms with Gasteiger partial charge in [0.05, 0.1) is 38.0 Å². The number of benzene rings is 3. The summed E-state index contributed by atoms with van der Waals surface area (Å²) >= 11 is 0. The van der Waals surface area contributed by atoms with Crippen molar-refractivity contribution in [3.63, 3.8) is 0 Å². The van der Waals surface area contributed by atoms with Gasteiger partial charge in [0.2, 0.25) is 5.91 Å². The van der Waals surface area contributed by atoms with Gasteiger partial charge in [-0.25, -0.2) is 4.90 Å². The lowest BCUT2D eigenvalue weighted by atomic mass is 10.1. The van der Waals surface area contributed by atoms with Gasteiger partial charge in [0.15, 0.2) is 11.5 Å². The maximum Gasteiger partial charge on any atom is 0.257 e. The lowest BCUT2D eigenvalue weighted by molar-refractivity contribution is -0.122. The van der Waals surface area contributed by atoms with E-state index in [0.29, 0.717) is 34.7 Å². The Morgan fingerprint density at radius 2 is 1.69 bits per heavy atom. The first-order valence-corrected chi connectivity index (χ1v) is 11.4. The largest absolute Gasteiger partial charge is 0.493 e. The second kappa shape index (κ2) is 10.7. The molecule has 4 rings (SSSR count). The van der Waals surface area contributed by atoms with Crippen molar-refractivity contribution in [1.29, 1.82) is 5.26 Å².